The van der Waals surface area contributed by atoms with Gasteiger partial charge in [-0.05, 0) is 67.9 Å². The molecule has 0 fully saturated rings. The number of hydrogen-bond donors (Lipinski definition) is 2. The van der Waals surface area contributed by atoms with Crippen molar-refractivity contribution in [2.24, 2.45) is 0 Å². The van der Waals surface area contributed by atoms with Crippen molar-refractivity contribution in [2.75, 3.05) is 10.0 Å². The van der Waals surface area contributed by atoms with E-state index in [9.17, 15) is 13.2 Å². The molecule has 9 heteroatoms. The van der Waals surface area contributed by atoms with E-state index >= 15 is 0 Å². The Morgan fingerprint density at radius 3 is 2.23 bits per heavy atom. The molecule has 4 rings (SSSR count). The minimum atomic E-state index is -3.88. The Kier molecular flexibility index (Phi) is 7.07. The fourth-order valence-electron chi connectivity index (χ4n) is 3.34. The van der Waals surface area contributed by atoms with Crippen LogP contribution in [0.25, 0.3) is 0 Å². The van der Waals surface area contributed by atoms with E-state index < -0.39 is 10.0 Å². The van der Waals surface area contributed by atoms with Crippen LogP contribution in [-0.2, 0) is 16.6 Å². The van der Waals surface area contributed by atoms with Crippen LogP contribution in [0.3, 0.4) is 0 Å². The zero-order valence-corrected chi connectivity index (χ0v) is 20.0. The molecule has 0 unspecified atom stereocenters. The Hall–Kier alpha value is -4.24. The predicted molar refractivity (Wildman–Crippen MR) is 134 cm³/mol. The first-order valence-electron chi connectivity index (χ1n) is 10.8. The Bertz CT molecular complexity index is 1420. The van der Waals surface area contributed by atoms with Crippen molar-refractivity contribution in [3.63, 3.8) is 0 Å². The summed E-state index contributed by atoms with van der Waals surface area (Å²) >= 11 is 0. The Balaban J connectivity index is 1.40. The third-order valence-electron chi connectivity index (χ3n) is 4.97. The number of aromatic nitrogens is 2. The zero-order valence-electron chi connectivity index (χ0n) is 19.2. The molecule has 0 atom stereocenters. The van der Waals surface area contributed by atoms with Crippen LogP contribution in [0.2, 0.25) is 0 Å². The second kappa shape index (κ2) is 10.4. The molecule has 0 aliphatic heterocycles. The fraction of sp³-hybridized carbons (Fsp3) is 0.115. The lowest BCUT2D eigenvalue weighted by Gasteiger charge is -2.10. The summed E-state index contributed by atoms with van der Waals surface area (Å²) in [6, 6.07) is 24.2. The summed E-state index contributed by atoms with van der Waals surface area (Å²) in [7, 11) is -3.88. The van der Waals surface area contributed by atoms with Gasteiger partial charge in [0.25, 0.3) is 15.9 Å². The van der Waals surface area contributed by atoms with Crippen molar-refractivity contribution in [1.29, 1.82) is 0 Å². The summed E-state index contributed by atoms with van der Waals surface area (Å²) in [5.74, 6) is 0.240. The molecule has 1 aromatic heterocycles. The first kappa shape index (κ1) is 23.9. The third-order valence-corrected chi connectivity index (χ3v) is 6.32. The van der Waals surface area contributed by atoms with Crippen molar-refractivity contribution in [2.45, 2.75) is 25.3 Å². The van der Waals surface area contributed by atoms with Gasteiger partial charge in [-0.15, -0.1) is 0 Å². The van der Waals surface area contributed by atoms with Gasteiger partial charge in [-0.2, -0.15) is 0 Å². The molecular formula is C26H24N4O4S. The van der Waals surface area contributed by atoms with Crippen LogP contribution >= 0.6 is 0 Å². The molecule has 2 N–H and O–H groups in total. The smallest absolute Gasteiger partial charge is 0.264 e. The van der Waals surface area contributed by atoms with Crippen molar-refractivity contribution in [3.05, 3.63) is 107 Å². The number of anilines is 2. The summed E-state index contributed by atoms with van der Waals surface area (Å²) in [5.41, 5.74) is 3.20. The molecule has 0 aliphatic rings. The molecule has 0 bridgehead atoms. The maximum atomic E-state index is 12.7. The molecule has 0 saturated heterocycles. The van der Waals surface area contributed by atoms with E-state index in [1.54, 1.807) is 44.2 Å². The van der Waals surface area contributed by atoms with Gasteiger partial charge >= 0.3 is 0 Å². The quantitative estimate of drug-likeness (QED) is 0.371. The maximum absolute atomic E-state index is 12.7. The van der Waals surface area contributed by atoms with E-state index in [4.69, 9.17) is 4.74 Å². The highest BCUT2D eigenvalue weighted by atomic mass is 32.2. The van der Waals surface area contributed by atoms with Gasteiger partial charge in [0.05, 0.1) is 4.90 Å². The lowest BCUT2D eigenvalue weighted by molar-refractivity contribution is 0.102. The van der Waals surface area contributed by atoms with Gasteiger partial charge in [-0.3, -0.25) is 4.79 Å². The summed E-state index contributed by atoms with van der Waals surface area (Å²) in [6.07, 6.45) is 0. The van der Waals surface area contributed by atoms with E-state index in [1.807, 2.05) is 30.3 Å². The van der Waals surface area contributed by atoms with E-state index in [0.29, 0.717) is 35.0 Å². The van der Waals surface area contributed by atoms with Crippen molar-refractivity contribution in [3.8, 4) is 5.75 Å². The molecule has 0 spiro atoms. The van der Waals surface area contributed by atoms with Crippen LogP contribution in [0.5, 0.6) is 5.75 Å². The zero-order chi connectivity index (χ0) is 24.8. The summed E-state index contributed by atoms with van der Waals surface area (Å²) in [4.78, 5) is 20.9. The molecule has 3 aromatic carbocycles. The van der Waals surface area contributed by atoms with Crippen LogP contribution in [0, 0.1) is 13.8 Å². The molecule has 0 radical (unpaired) electrons. The first-order valence-corrected chi connectivity index (χ1v) is 12.3. The van der Waals surface area contributed by atoms with Gasteiger partial charge in [0.15, 0.2) is 0 Å². The average Bonchev–Trinajstić information content (AvgIpc) is 2.83. The number of sulfonamides is 1. The lowest BCUT2D eigenvalue weighted by atomic mass is 10.2. The highest BCUT2D eigenvalue weighted by Crippen LogP contribution is 2.19. The largest absolute Gasteiger partial charge is 0.489 e. The van der Waals surface area contributed by atoms with Gasteiger partial charge < -0.3 is 10.1 Å². The highest BCUT2D eigenvalue weighted by molar-refractivity contribution is 7.92. The van der Waals surface area contributed by atoms with Crippen LogP contribution in [0.1, 0.15) is 27.3 Å². The van der Waals surface area contributed by atoms with E-state index in [2.05, 4.69) is 20.0 Å². The molecule has 0 aliphatic carbocycles. The number of carbonyl (C=O) groups is 1. The number of carbonyl (C=O) groups excluding carboxylic acids is 1. The molecule has 4 aromatic rings. The van der Waals surface area contributed by atoms with Gasteiger partial charge in [0, 0.05) is 22.6 Å². The predicted octanol–water partition coefficient (Wildman–Crippen LogP) is 4.73. The first-order chi connectivity index (χ1) is 16.8. The van der Waals surface area contributed by atoms with Crippen molar-refractivity contribution < 1.29 is 17.9 Å². The Labute approximate surface area is 204 Å². The number of aryl methyl sites for hydroxylation is 2. The molecule has 0 saturated carbocycles. The minimum absolute atomic E-state index is 0.00856. The summed E-state index contributed by atoms with van der Waals surface area (Å²) in [6.45, 7) is 3.91. The number of benzene rings is 3. The SMILES string of the molecule is Cc1cc(C)nc(NS(=O)(=O)c2ccc(NC(=O)c3cccc(OCc4ccccc4)c3)cc2)n1. The molecule has 1 heterocycles. The maximum Gasteiger partial charge on any atom is 0.264 e. The van der Waals surface area contributed by atoms with Crippen LogP contribution < -0.4 is 14.8 Å². The average molecular weight is 489 g/mol. The number of rotatable bonds is 8. The van der Waals surface area contributed by atoms with E-state index in [1.165, 1.54) is 24.3 Å². The topological polar surface area (TPSA) is 110 Å². The second-order valence-electron chi connectivity index (χ2n) is 7.86. The molecule has 1 amide bonds. The van der Waals surface area contributed by atoms with Crippen molar-refractivity contribution in [1.82, 2.24) is 9.97 Å². The number of hydrogen-bond acceptors (Lipinski definition) is 6. The minimum Gasteiger partial charge on any atom is -0.489 e. The number of nitrogens with zero attached hydrogens (tertiary/aromatic N) is 2. The summed E-state index contributed by atoms with van der Waals surface area (Å²) in [5, 5.41) is 2.77. The van der Waals surface area contributed by atoms with Crippen molar-refractivity contribution >= 4 is 27.6 Å². The van der Waals surface area contributed by atoms with Gasteiger partial charge in [-0.1, -0.05) is 36.4 Å². The molecular weight excluding hydrogens is 464 g/mol. The normalized spacial score (nSPS) is 11.0. The Morgan fingerprint density at radius 2 is 1.54 bits per heavy atom. The van der Waals surface area contributed by atoms with Gasteiger partial charge in [0.2, 0.25) is 5.95 Å². The lowest BCUT2D eigenvalue weighted by Crippen LogP contribution is -2.16. The second-order valence-corrected chi connectivity index (χ2v) is 9.54. The van der Waals surface area contributed by atoms with Crippen LogP contribution in [0.15, 0.2) is 89.8 Å². The number of amides is 1. The Morgan fingerprint density at radius 1 is 0.857 bits per heavy atom. The van der Waals surface area contributed by atoms with Gasteiger partial charge in [0.1, 0.15) is 12.4 Å². The van der Waals surface area contributed by atoms with Gasteiger partial charge in [-0.25, -0.2) is 23.1 Å². The third kappa shape index (κ3) is 6.42. The number of ether oxygens (including phenoxy) is 1. The van der Waals surface area contributed by atoms with E-state index in [-0.39, 0.29) is 16.8 Å². The van der Waals surface area contributed by atoms with Crippen LogP contribution in [-0.4, -0.2) is 24.3 Å². The molecule has 8 nitrogen and oxygen atoms in total. The highest BCUT2D eigenvalue weighted by Gasteiger charge is 2.16. The number of nitrogens with one attached hydrogen (secondary N) is 2. The van der Waals surface area contributed by atoms with Crippen LogP contribution in [0.4, 0.5) is 11.6 Å². The van der Waals surface area contributed by atoms with E-state index in [0.717, 1.165) is 5.56 Å². The summed E-state index contributed by atoms with van der Waals surface area (Å²) < 4.78 is 33.5. The molecule has 178 valence electrons. The standard InChI is InChI=1S/C26H24N4O4S/c1-18-15-19(2)28-26(27-18)30-35(32,33)24-13-11-22(12-14-24)29-25(31)21-9-6-10-23(16-21)34-17-20-7-4-3-5-8-20/h3-16H,17H2,1-2H3,(H,29,31)(H,27,28,30). The fourth-order valence-corrected chi connectivity index (χ4v) is 4.28. The molecule has 35 heavy (non-hydrogen) atoms. The monoisotopic (exact) mass is 488 g/mol.